The van der Waals surface area contributed by atoms with E-state index >= 15 is 0 Å². The monoisotopic (exact) mass is 297 g/mol. The van der Waals surface area contributed by atoms with E-state index in [4.69, 9.17) is 15.8 Å². The van der Waals surface area contributed by atoms with Crippen molar-refractivity contribution >= 4 is 13.1 Å². The quantitative estimate of drug-likeness (QED) is 0.387. The molecule has 0 radical (unpaired) electrons. The number of nitrogens with zero attached hydrogens (tertiary/aromatic N) is 2. The van der Waals surface area contributed by atoms with Crippen LogP contribution < -0.4 is 5.73 Å². The molecule has 1 aromatic rings. The molecule has 7 nitrogen and oxygen atoms in total. The Hall–Kier alpha value is -1.38. The lowest BCUT2D eigenvalue weighted by Crippen LogP contribution is -2.50. The Kier molecular flexibility index (Phi) is 6.38. The number of hydrogen-bond donors (Lipinski definition) is 4. The summed E-state index contributed by atoms with van der Waals surface area (Å²) in [5.74, 6) is -1.05. The third-order valence-corrected chi connectivity index (χ3v) is 3.56. The van der Waals surface area contributed by atoms with Crippen LogP contribution in [0.3, 0.4) is 0 Å². The highest BCUT2D eigenvalue weighted by molar-refractivity contribution is 6.40. The molecular formula is C13H24BN3O4. The van der Waals surface area contributed by atoms with Crippen LogP contribution >= 0.6 is 0 Å². The Morgan fingerprint density at radius 3 is 2.67 bits per heavy atom. The molecule has 0 saturated carbocycles. The van der Waals surface area contributed by atoms with Gasteiger partial charge in [0.05, 0.1) is 6.33 Å². The first-order valence-electron chi connectivity index (χ1n) is 7.15. The predicted octanol–water partition coefficient (Wildman–Crippen LogP) is 0.432. The van der Waals surface area contributed by atoms with Crippen molar-refractivity contribution in [3.05, 3.63) is 18.2 Å². The van der Waals surface area contributed by atoms with Crippen molar-refractivity contribution in [1.29, 1.82) is 0 Å². The van der Waals surface area contributed by atoms with Gasteiger partial charge in [-0.15, -0.1) is 0 Å². The van der Waals surface area contributed by atoms with Crippen molar-refractivity contribution in [2.75, 3.05) is 0 Å². The lowest BCUT2D eigenvalue weighted by Gasteiger charge is -2.26. The maximum atomic E-state index is 11.5. The van der Waals surface area contributed by atoms with Crippen LogP contribution in [0.15, 0.2) is 12.5 Å². The molecule has 8 heteroatoms. The number of nitrogens with two attached hydrogens (primary N) is 1. The SMILES string of the molecule is CC(C)n1cncc1CC(N)(CCCCB(O)O)C(=O)O. The number of unbranched alkanes of at least 4 members (excludes halogenated alkanes) is 1. The van der Waals surface area contributed by atoms with Crippen LogP contribution in [0, 0.1) is 0 Å². The fraction of sp³-hybridized carbons (Fsp3) is 0.692. The fourth-order valence-electron chi connectivity index (χ4n) is 2.30. The molecule has 0 saturated heterocycles. The smallest absolute Gasteiger partial charge is 0.451 e. The zero-order chi connectivity index (χ0) is 16.0. The molecule has 0 aromatic carbocycles. The Morgan fingerprint density at radius 1 is 1.48 bits per heavy atom. The largest absolute Gasteiger partial charge is 0.480 e. The minimum atomic E-state index is -1.37. The summed E-state index contributed by atoms with van der Waals surface area (Å²) in [7, 11) is -1.36. The van der Waals surface area contributed by atoms with Crippen LogP contribution in [-0.4, -0.2) is 43.3 Å². The van der Waals surface area contributed by atoms with Crippen LogP contribution in [0.4, 0.5) is 0 Å². The van der Waals surface area contributed by atoms with Crippen LogP contribution in [0.25, 0.3) is 0 Å². The second kappa shape index (κ2) is 7.58. The van der Waals surface area contributed by atoms with Gasteiger partial charge in [-0.05, 0) is 26.6 Å². The second-order valence-corrected chi connectivity index (χ2v) is 5.75. The van der Waals surface area contributed by atoms with E-state index in [2.05, 4.69) is 4.98 Å². The van der Waals surface area contributed by atoms with E-state index in [0.717, 1.165) is 5.69 Å². The Bertz CT molecular complexity index is 464. The number of imidazole rings is 1. The summed E-state index contributed by atoms with van der Waals surface area (Å²) in [5.41, 5.74) is 5.47. The highest BCUT2D eigenvalue weighted by Crippen LogP contribution is 2.21. The first-order chi connectivity index (χ1) is 9.76. The summed E-state index contributed by atoms with van der Waals surface area (Å²) < 4.78 is 1.90. The molecular weight excluding hydrogens is 273 g/mol. The molecule has 1 atom stereocenters. The predicted molar refractivity (Wildman–Crippen MR) is 79.7 cm³/mol. The van der Waals surface area contributed by atoms with E-state index < -0.39 is 18.6 Å². The van der Waals surface area contributed by atoms with E-state index in [1.807, 2.05) is 18.4 Å². The standard InChI is InChI=1S/C13H24BN3O4/c1-10(2)17-9-16-8-11(17)7-13(15,12(18)19)5-3-4-6-14(20)21/h8-10,20-21H,3-7,15H2,1-2H3,(H,18,19). The molecule has 1 heterocycles. The number of carbonyl (C=O) groups is 1. The van der Waals surface area contributed by atoms with Gasteiger partial charge in [0.25, 0.3) is 0 Å². The highest BCUT2D eigenvalue weighted by Gasteiger charge is 2.34. The van der Waals surface area contributed by atoms with Gasteiger partial charge in [-0.3, -0.25) is 4.79 Å². The summed E-state index contributed by atoms with van der Waals surface area (Å²) >= 11 is 0. The van der Waals surface area contributed by atoms with E-state index in [1.165, 1.54) is 0 Å². The van der Waals surface area contributed by atoms with Crippen LogP contribution in [-0.2, 0) is 11.2 Å². The molecule has 21 heavy (non-hydrogen) atoms. The zero-order valence-corrected chi connectivity index (χ0v) is 12.6. The number of carboxylic acid groups (broad SMARTS) is 1. The lowest BCUT2D eigenvalue weighted by atomic mass is 9.81. The maximum absolute atomic E-state index is 11.5. The number of hydrogen-bond acceptors (Lipinski definition) is 5. The Balaban J connectivity index is 2.71. The van der Waals surface area contributed by atoms with Crippen LogP contribution in [0.2, 0.25) is 6.32 Å². The van der Waals surface area contributed by atoms with Crippen molar-refractivity contribution in [3.63, 3.8) is 0 Å². The second-order valence-electron chi connectivity index (χ2n) is 5.75. The molecule has 0 aliphatic rings. The van der Waals surface area contributed by atoms with Gasteiger partial charge in [-0.1, -0.05) is 12.8 Å². The van der Waals surface area contributed by atoms with Crippen molar-refractivity contribution in [2.24, 2.45) is 5.73 Å². The fourth-order valence-corrected chi connectivity index (χ4v) is 2.30. The van der Waals surface area contributed by atoms with Gasteiger partial charge in [0.1, 0.15) is 5.54 Å². The van der Waals surface area contributed by atoms with Gasteiger partial charge in [0.2, 0.25) is 0 Å². The van der Waals surface area contributed by atoms with Gasteiger partial charge in [0, 0.05) is 24.4 Å². The van der Waals surface area contributed by atoms with Gasteiger partial charge < -0.3 is 25.5 Å². The van der Waals surface area contributed by atoms with Crippen LogP contribution in [0.1, 0.15) is 44.8 Å². The molecule has 118 valence electrons. The minimum absolute atomic E-state index is 0.185. The highest BCUT2D eigenvalue weighted by atomic mass is 16.4. The molecule has 0 bridgehead atoms. The van der Waals surface area contributed by atoms with E-state index in [9.17, 15) is 9.90 Å². The molecule has 1 rings (SSSR count). The van der Waals surface area contributed by atoms with Crippen molar-refractivity contribution in [3.8, 4) is 0 Å². The van der Waals surface area contributed by atoms with E-state index in [-0.39, 0.29) is 25.2 Å². The zero-order valence-electron chi connectivity index (χ0n) is 12.6. The summed E-state index contributed by atoms with van der Waals surface area (Å²) in [5, 5.41) is 27.0. The molecule has 0 amide bonds. The molecule has 0 spiro atoms. The molecule has 1 unspecified atom stereocenters. The Morgan fingerprint density at radius 2 is 2.14 bits per heavy atom. The summed E-state index contributed by atoms with van der Waals surface area (Å²) in [6.45, 7) is 3.99. The summed E-state index contributed by atoms with van der Waals surface area (Å²) in [6, 6.07) is 0.185. The average Bonchev–Trinajstić information content (AvgIpc) is 2.82. The molecule has 0 aliphatic heterocycles. The Labute approximate surface area is 124 Å². The third kappa shape index (κ3) is 5.15. The van der Waals surface area contributed by atoms with E-state index in [0.29, 0.717) is 12.8 Å². The van der Waals surface area contributed by atoms with Crippen molar-refractivity contribution in [1.82, 2.24) is 9.55 Å². The van der Waals surface area contributed by atoms with Crippen molar-refractivity contribution in [2.45, 2.75) is 57.4 Å². The average molecular weight is 297 g/mol. The van der Waals surface area contributed by atoms with E-state index in [1.54, 1.807) is 12.5 Å². The van der Waals surface area contributed by atoms with Gasteiger partial charge in [0.15, 0.2) is 0 Å². The topological polar surface area (TPSA) is 122 Å². The molecule has 1 aromatic heterocycles. The normalized spacial score (nSPS) is 14.2. The molecule has 0 aliphatic carbocycles. The lowest BCUT2D eigenvalue weighted by molar-refractivity contribution is -0.143. The summed E-state index contributed by atoms with van der Waals surface area (Å²) in [6.07, 6.45) is 5.05. The maximum Gasteiger partial charge on any atom is 0.451 e. The van der Waals surface area contributed by atoms with Gasteiger partial charge in [-0.2, -0.15) is 0 Å². The first kappa shape index (κ1) is 17.7. The number of carboxylic acids is 1. The number of aliphatic carboxylic acids is 1. The van der Waals surface area contributed by atoms with Crippen LogP contribution in [0.5, 0.6) is 0 Å². The molecule has 5 N–H and O–H groups in total. The van der Waals surface area contributed by atoms with Gasteiger partial charge >= 0.3 is 13.1 Å². The summed E-state index contributed by atoms with van der Waals surface area (Å²) in [4.78, 5) is 15.6. The van der Waals surface area contributed by atoms with Gasteiger partial charge in [-0.25, -0.2) is 4.98 Å². The molecule has 0 fully saturated rings. The van der Waals surface area contributed by atoms with Crippen molar-refractivity contribution < 1.29 is 19.9 Å². The number of rotatable bonds is 9. The third-order valence-electron chi connectivity index (χ3n) is 3.56. The first-order valence-corrected chi connectivity index (χ1v) is 7.15. The minimum Gasteiger partial charge on any atom is -0.480 e. The number of aromatic nitrogens is 2.